The number of nitrogens with zero attached hydrogens (tertiary/aromatic N) is 9. The molecule has 3 fully saturated rings. The van der Waals surface area contributed by atoms with E-state index in [4.69, 9.17) is 23.7 Å². The number of methoxy groups -OCH3 is 3. The minimum Gasteiger partial charge on any atom is -0.509 e. The first-order valence-corrected chi connectivity index (χ1v) is 19.3. The molecule has 0 aromatic carbocycles. The van der Waals surface area contributed by atoms with E-state index in [2.05, 4.69) is 15.3 Å². The summed E-state index contributed by atoms with van der Waals surface area (Å²) in [4.78, 5) is 76.5. The largest absolute Gasteiger partial charge is 0.509 e. The van der Waals surface area contributed by atoms with E-state index in [1.165, 1.54) is 41.6 Å². The fraction of sp³-hybridized carbons (Fsp3) is 0.526. The molecule has 3 saturated heterocycles. The standard InChI is InChI=1S/C11H12N3O4.C11H12N3O3.C10H10N3O4.3C2H6.3Y/c1-17-10-8(15)4-12-14-5-7-6-18-3-2-13(7)11(16)9(10)14;1-17-10-8(15)5-12-14-6-7-3-2-4-13(7)11(16)9(10)14;1-16-9-6(14)4-11-13-5-7-12(2-3-17-7)10(15)8(9)13;3*1-2;;;/h4-5,7H,2-3,6H2,1H3;5-7H,2-4H2,1H3;4-5,7H,2-3H2,1H3;3*1-2H3;;;/q3*-1;;;;;;. The van der Waals surface area contributed by atoms with Crippen molar-refractivity contribution >= 4 is 17.7 Å². The van der Waals surface area contributed by atoms with Gasteiger partial charge in [-0.15, -0.1) is 13.1 Å². The van der Waals surface area contributed by atoms with E-state index in [1.54, 1.807) is 27.8 Å². The summed E-state index contributed by atoms with van der Waals surface area (Å²) >= 11 is 0. The molecule has 0 bridgehead atoms. The zero-order chi connectivity index (χ0) is 42.7. The van der Waals surface area contributed by atoms with E-state index in [9.17, 15) is 28.8 Å². The van der Waals surface area contributed by atoms with Gasteiger partial charge in [-0.05, 0) is 12.8 Å². The average molecular weight is 1080 g/mol. The summed E-state index contributed by atoms with van der Waals surface area (Å²) in [5.74, 6) is -0.573. The first kappa shape index (κ1) is 56.3. The quantitative estimate of drug-likeness (QED) is 0.337. The summed E-state index contributed by atoms with van der Waals surface area (Å²) < 4.78 is 29.9. The van der Waals surface area contributed by atoms with Crippen molar-refractivity contribution in [2.45, 2.75) is 72.7 Å². The minimum atomic E-state index is -0.408. The van der Waals surface area contributed by atoms with Crippen LogP contribution in [0.1, 0.15) is 85.8 Å². The van der Waals surface area contributed by atoms with Crippen LogP contribution in [0.3, 0.4) is 0 Å². The summed E-state index contributed by atoms with van der Waals surface area (Å²) in [6, 6.07) is -0.0480. The summed E-state index contributed by atoms with van der Waals surface area (Å²) in [5.41, 5.74) is -0.586. The number of amides is 3. The van der Waals surface area contributed by atoms with Crippen LogP contribution in [-0.4, -0.2) is 141 Å². The van der Waals surface area contributed by atoms with E-state index in [0.717, 1.165) is 31.8 Å². The predicted octanol–water partition coefficient (Wildman–Crippen LogP) is 1.14. The third-order valence-corrected chi connectivity index (χ3v) is 9.19. The van der Waals surface area contributed by atoms with Crippen molar-refractivity contribution in [3.63, 3.8) is 0 Å². The molecule has 3 radical (unpaired) electrons. The third kappa shape index (κ3) is 11.9. The van der Waals surface area contributed by atoms with E-state index in [-0.39, 0.29) is 168 Å². The number of ether oxygens (including phenoxy) is 5. The van der Waals surface area contributed by atoms with Gasteiger partial charge in [0.2, 0.25) is 16.3 Å². The van der Waals surface area contributed by atoms with E-state index >= 15 is 0 Å². The second-order valence-corrected chi connectivity index (χ2v) is 12.1. The molecule has 9 heterocycles. The SMILES string of the molecule is CC.CC.CC.COc1c2n(ncc1=O)[CH-]C1CCCN1C2=O.COc1c2n(ncc1=O)[CH-]C1COCCN1C2=O.COc1c2n(ncc1=O)[CH-]C1OCCN1C2=O.[Y].[Y].[Y]. The van der Waals surface area contributed by atoms with Crippen molar-refractivity contribution in [1.82, 2.24) is 44.0 Å². The summed E-state index contributed by atoms with van der Waals surface area (Å²) in [7, 11) is 4.12. The van der Waals surface area contributed by atoms with Crippen LogP contribution in [-0.2, 0) is 108 Å². The monoisotopic (exact) mass is 1080 g/mol. The Bertz CT molecular complexity index is 2020. The van der Waals surface area contributed by atoms with Crippen molar-refractivity contribution in [1.29, 1.82) is 0 Å². The van der Waals surface area contributed by atoms with Crippen molar-refractivity contribution in [3.05, 3.63) is 86.0 Å². The van der Waals surface area contributed by atoms with Crippen LogP contribution in [0.15, 0.2) is 33.0 Å². The van der Waals surface area contributed by atoms with Gasteiger partial charge in [-0.3, -0.25) is 28.8 Å². The Hall–Kier alpha value is -2.71. The van der Waals surface area contributed by atoms with Crippen LogP contribution >= 0.6 is 0 Å². The fourth-order valence-corrected chi connectivity index (χ4v) is 6.75. The number of rotatable bonds is 3. The van der Waals surface area contributed by atoms with Crippen LogP contribution in [0.4, 0.5) is 0 Å². The van der Waals surface area contributed by atoms with Gasteiger partial charge in [-0.25, -0.2) is 15.3 Å². The molecule has 9 rings (SSSR count). The van der Waals surface area contributed by atoms with Gasteiger partial charge >= 0.3 is 0 Å². The van der Waals surface area contributed by atoms with Gasteiger partial charge in [0.05, 0.1) is 59.7 Å². The van der Waals surface area contributed by atoms with Crippen molar-refractivity contribution in [2.24, 2.45) is 0 Å². The molecule has 0 saturated carbocycles. The Labute approximate surface area is 430 Å². The maximum atomic E-state index is 12.4. The Morgan fingerprint density at radius 3 is 1.41 bits per heavy atom. The minimum absolute atomic E-state index is 0. The predicted molar refractivity (Wildman–Crippen MR) is 209 cm³/mol. The number of morpholine rings is 1. The molecule has 3 amide bonds. The normalized spacial score (nSPS) is 18.9. The molecule has 0 N–H and O–H groups in total. The summed E-state index contributed by atoms with van der Waals surface area (Å²) in [6.07, 6.45) is 4.96. The number of hydrogen-bond donors (Lipinski definition) is 0. The van der Waals surface area contributed by atoms with Gasteiger partial charge in [0.1, 0.15) is 23.5 Å². The first-order valence-electron chi connectivity index (χ1n) is 19.3. The number of hydrogen-bond acceptors (Lipinski definition) is 14. The van der Waals surface area contributed by atoms with Gasteiger partial charge in [0, 0.05) is 147 Å². The molecule has 6 aliphatic heterocycles. The second kappa shape index (κ2) is 26.8. The summed E-state index contributed by atoms with van der Waals surface area (Å²) in [5, 5.41) is 11.8. The Morgan fingerprint density at radius 1 is 0.557 bits per heavy atom. The molecule has 3 atom stereocenters. The third-order valence-electron chi connectivity index (χ3n) is 9.19. The van der Waals surface area contributed by atoms with E-state index < -0.39 is 17.1 Å². The average Bonchev–Trinajstić information content (AvgIpc) is 3.95. The van der Waals surface area contributed by atoms with Gasteiger partial charge in [-0.1, -0.05) is 48.1 Å². The molecule has 0 spiro atoms. The maximum Gasteiger partial charge on any atom is 0.224 e. The fourth-order valence-electron chi connectivity index (χ4n) is 6.75. The number of carbonyl (C=O) groups is 3. The first-order chi connectivity index (χ1) is 28.2. The number of fused-ring (bicyclic) bond motifs is 6. The van der Waals surface area contributed by atoms with Crippen LogP contribution in [0.2, 0.25) is 0 Å². The smallest absolute Gasteiger partial charge is 0.224 e. The summed E-state index contributed by atoms with van der Waals surface area (Å²) in [6.45, 7) is 20.4. The molecule has 61 heavy (non-hydrogen) atoms. The topological polar surface area (TPSA) is 212 Å². The maximum absolute atomic E-state index is 12.4. The molecular weight excluding hydrogens is 1030 g/mol. The molecule has 3 unspecified atom stereocenters. The number of carbonyl (C=O) groups excluding carboxylic acids is 3. The molecular formula is C38H52N9O11Y3-3. The van der Waals surface area contributed by atoms with Crippen LogP contribution in [0.5, 0.6) is 17.2 Å². The van der Waals surface area contributed by atoms with Crippen LogP contribution in [0.25, 0.3) is 0 Å². The zero-order valence-electron chi connectivity index (χ0n) is 36.1. The molecule has 23 heteroatoms. The van der Waals surface area contributed by atoms with E-state index in [0.29, 0.717) is 32.9 Å². The Balaban J connectivity index is 0.000000421. The van der Waals surface area contributed by atoms with Crippen molar-refractivity contribution in [2.75, 3.05) is 60.8 Å². The second-order valence-electron chi connectivity index (χ2n) is 12.1. The Morgan fingerprint density at radius 2 is 0.951 bits per heavy atom. The molecule has 327 valence electrons. The van der Waals surface area contributed by atoms with Gasteiger partial charge in [0.25, 0.3) is 0 Å². The van der Waals surface area contributed by atoms with Crippen LogP contribution < -0.4 is 30.5 Å². The molecule has 6 aliphatic rings. The molecule has 3 aromatic rings. The molecule has 3 aromatic heterocycles. The van der Waals surface area contributed by atoms with Crippen molar-refractivity contribution in [3.8, 4) is 17.2 Å². The van der Waals surface area contributed by atoms with Crippen LogP contribution in [0, 0.1) is 19.6 Å². The van der Waals surface area contributed by atoms with Gasteiger partial charge in [-0.2, -0.15) is 0 Å². The number of aromatic nitrogens is 6. The molecule has 0 aliphatic carbocycles. The van der Waals surface area contributed by atoms with E-state index in [1.807, 2.05) is 48.1 Å². The molecule has 20 nitrogen and oxygen atoms in total. The van der Waals surface area contributed by atoms with Gasteiger partial charge < -0.3 is 52.4 Å². The Kier molecular flexibility index (Phi) is 24.7. The van der Waals surface area contributed by atoms with Crippen molar-refractivity contribution < 1.29 is 136 Å². The van der Waals surface area contributed by atoms with Gasteiger partial charge in [0.15, 0.2) is 17.7 Å². The zero-order valence-corrected chi connectivity index (χ0v) is 44.6.